The highest BCUT2D eigenvalue weighted by Crippen LogP contribution is 2.12. The van der Waals surface area contributed by atoms with E-state index in [0.29, 0.717) is 24.6 Å². The van der Waals surface area contributed by atoms with Gasteiger partial charge in [-0.2, -0.15) is 0 Å². The number of carbonyl (C=O) groups excluding carboxylic acids is 1. The number of hydrogen-bond donors (Lipinski definition) is 1. The molecular formula is C11H17N3O2. The van der Waals surface area contributed by atoms with Gasteiger partial charge in [-0.3, -0.25) is 9.78 Å². The van der Waals surface area contributed by atoms with E-state index in [-0.39, 0.29) is 5.91 Å². The van der Waals surface area contributed by atoms with Crippen LogP contribution in [-0.4, -0.2) is 43.0 Å². The molecule has 1 aromatic heterocycles. The lowest BCUT2D eigenvalue weighted by Gasteiger charge is -2.10. The molecule has 0 unspecified atom stereocenters. The number of ether oxygens (including phenoxy) is 1. The molecular weight excluding hydrogens is 206 g/mol. The van der Waals surface area contributed by atoms with E-state index in [0.717, 1.165) is 6.42 Å². The molecule has 0 atom stereocenters. The molecule has 2 N–H and O–H groups in total. The zero-order valence-corrected chi connectivity index (χ0v) is 9.64. The lowest BCUT2D eigenvalue weighted by atomic mass is 10.3. The Morgan fingerprint density at radius 1 is 1.56 bits per heavy atom. The number of aromatic nitrogens is 1. The van der Waals surface area contributed by atoms with Crippen LogP contribution < -0.4 is 10.5 Å². The summed E-state index contributed by atoms with van der Waals surface area (Å²) in [5.41, 5.74) is 5.74. The number of nitrogens with two attached hydrogens (primary N) is 1. The monoisotopic (exact) mass is 223 g/mol. The Kier molecular flexibility index (Phi) is 4.72. The van der Waals surface area contributed by atoms with Crippen molar-refractivity contribution in [3.63, 3.8) is 0 Å². The third kappa shape index (κ3) is 3.51. The summed E-state index contributed by atoms with van der Waals surface area (Å²) in [6, 6.07) is 3.36. The molecule has 5 nitrogen and oxygen atoms in total. The summed E-state index contributed by atoms with van der Waals surface area (Å²) in [7, 11) is 3.37. The van der Waals surface area contributed by atoms with Crippen LogP contribution in [0.1, 0.15) is 16.9 Å². The number of amides is 1. The first-order valence-electron chi connectivity index (χ1n) is 5.15. The second-order valence-electron chi connectivity index (χ2n) is 3.57. The van der Waals surface area contributed by atoms with E-state index in [4.69, 9.17) is 10.5 Å². The minimum atomic E-state index is -0.135. The van der Waals surface area contributed by atoms with Gasteiger partial charge in [-0.25, -0.2) is 0 Å². The molecule has 0 bridgehead atoms. The van der Waals surface area contributed by atoms with Crippen LogP contribution in [0.25, 0.3) is 0 Å². The van der Waals surface area contributed by atoms with E-state index in [2.05, 4.69) is 4.98 Å². The lowest BCUT2D eigenvalue weighted by molar-refractivity contribution is 0.0821. The van der Waals surface area contributed by atoms with Crippen molar-refractivity contribution in [2.45, 2.75) is 6.42 Å². The molecule has 0 aliphatic heterocycles. The van der Waals surface area contributed by atoms with E-state index < -0.39 is 0 Å². The van der Waals surface area contributed by atoms with Crippen LogP contribution in [0.4, 0.5) is 0 Å². The third-order valence-electron chi connectivity index (χ3n) is 1.97. The van der Waals surface area contributed by atoms with Gasteiger partial charge in [-0.05, 0) is 19.0 Å². The zero-order chi connectivity index (χ0) is 12.0. The standard InChI is InChI=1S/C11H17N3O2/c1-14(2)11(15)10-8-9(4-6-13-10)16-7-3-5-12/h4,6,8H,3,5,7,12H2,1-2H3. The molecule has 1 rings (SSSR count). The maximum atomic E-state index is 11.6. The summed E-state index contributed by atoms with van der Waals surface area (Å²) in [6.45, 7) is 1.14. The predicted molar refractivity (Wildman–Crippen MR) is 61.4 cm³/mol. The summed E-state index contributed by atoms with van der Waals surface area (Å²) in [6.07, 6.45) is 2.35. The van der Waals surface area contributed by atoms with Crippen LogP contribution in [-0.2, 0) is 0 Å². The number of nitrogens with zero attached hydrogens (tertiary/aromatic N) is 2. The fourth-order valence-corrected chi connectivity index (χ4v) is 1.12. The van der Waals surface area contributed by atoms with Crippen molar-refractivity contribution in [3.8, 4) is 5.75 Å². The van der Waals surface area contributed by atoms with Crippen molar-refractivity contribution < 1.29 is 9.53 Å². The lowest BCUT2D eigenvalue weighted by Crippen LogP contribution is -2.22. The second-order valence-corrected chi connectivity index (χ2v) is 3.57. The Labute approximate surface area is 95.2 Å². The Hall–Kier alpha value is -1.62. The summed E-state index contributed by atoms with van der Waals surface area (Å²) < 4.78 is 5.43. The molecule has 16 heavy (non-hydrogen) atoms. The smallest absolute Gasteiger partial charge is 0.272 e. The van der Waals surface area contributed by atoms with Gasteiger partial charge in [0.05, 0.1) is 6.61 Å². The van der Waals surface area contributed by atoms with E-state index in [9.17, 15) is 4.79 Å². The first kappa shape index (κ1) is 12.4. The van der Waals surface area contributed by atoms with Crippen LogP contribution >= 0.6 is 0 Å². The van der Waals surface area contributed by atoms with Crippen LogP contribution in [0.5, 0.6) is 5.75 Å². The van der Waals surface area contributed by atoms with Crippen LogP contribution in [0.15, 0.2) is 18.3 Å². The van der Waals surface area contributed by atoms with Gasteiger partial charge in [0.2, 0.25) is 0 Å². The molecule has 0 aliphatic rings. The Bertz CT molecular complexity index is 353. The number of hydrogen-bond acceptors (Lipinski definition) is 4. The maximum absolute atomic E-state index is 11.6. The first-order chi connectivity index (χ1) is 7.65. The van der Waals surface area contributed by atoms with Crippen LogP contribution in [0.2, 0.25) is 0 Å². The number of rotatable bonds is 5. The van der Waals surface area contributed by atoms with Crippen LogP contribution in [0.3, 0.4) is 0 Å². The van der Waals surface area contributed by atoms with Gasteiger partial charge in [0.15, 0.2) is 0 Å². The van der Waals surface area contributed by atoms with Gasteiger partial charge in [0, 0.05) is 26.4 Å². The third-order valence-corrected chi connectivity index (χ3v) is 1.97. The Balaban J connectivity index is 2.67. The highest BCUT2D eigenvalue weighted by molar-refractivity contribution is 5.92. The molecule has 88 valence electrons. The summed E-state index contributed by atoms with van der Waals surface area (Å²) >= 11 is 0. The molecule has 5 heteroatoms. The Morgan fingerprint density at radius 3 is 2.94 bits per heavy atom. The first-order valence-corrected chi connectivity index (χ1v) is 5.15. The van der Waals surface area contributed by atoms with Gasteiger partial charge in [-0.15, -0.1) is 0 Å². The SMILES string of the molecule is CN(C)C(=O)c1cc(OCCCN)ccn1. The molecule has 1 heterocycles. The van der Waals surface area contributed by atoms with Crippen molar-refractivity contribution in [2.24, 2.45) is 5.73 Å². The zero-order valence-electron chi connectivity index (χ0n) is 9.64. The van der Waals surface area contributed by atoms with Crippen molar-refractivity contribution in [1.82, 2.24) is 9.88 Å². The van der Waals surface area contributed by atoms with E-state index in [1.54, 1.807) is 32.4 Å². The average molecular weight is 223 g/mol. The van der Waals surface area contributed by atoms with E-state index >= 15 is 0 Å². The predicted octanol–water partition coefficient (Wildman–Crippen LogP) is 0.511. The minimum absolute atomic E-state index is 0.135. The van der Waals surface area contributed by atoms with Crippen LogP contribution in [0, 0.1) is 0 Å². The highest BCUT2D eigenvalue weighted by atomic mass is 16.5. The molecule has 0 radical (unpaired) electrons. The number of pyridine rings is 1. The fourth-order valence-electron chi connectivity index (χ4n) is 1.12. The van der Waals surface area contributed by atoms with Gasteiger partial charge in [0.1, 0.15) is 11.4 Å². The van der Waals surface area contributed by atoms with E-state index in [1.807, 2.05) is 0 Å². The molecule has 0 aliphatic carbocycles. The van der Waals surface area contributed by atoms with Crippen molar-refractivity contribution in [3.05, 3.63) is 24.0 Å². The average Bonchev–Trinajstić information content (AvgIpc) is 2.29. The summed E-state index contributed by atoms with van der Waals surface area (Å²) in [4.78, 5) is 17.1. The van der Waals surface area contributed by atoms with Gasteiger partial charge < -0.3 is 15.4 Å². The van der Waals surface area contributed by atoms with E-state index in [1.165, 1.54) is 4.90 Å². The molecule has 0 aromatic carbocycles. The molecule has 0 saturated carbocycles. The molecule has 0 spiro atoms. The van der Waals surface area contributed by atoms with Crippen molar-refractivity contribution in [1.29, 1.82) is 0 Å². The maximum Gasteiger partial charge on any atom is 0.272 e. The fraction of sp³-hybridized carbons (Fsp3) is 0.455. The normalized spacial score (nSPS) is 9.94. The minimum Gasteiger partial charge on any atom is -0.493 e. The molecule has 0 saturated heterocycles. The second kappa shape index (κ2) is 6.07. The van der Waals surface area contributed by atoms with Gasteiger partial charge >= 0.3 is 0 Å². The number of carbonyl (C=O) groups is 1. The van der Waals surface area contributed by atoms with Gasteiger partial charge in [-0.1, -0.05) is 0 Å². The molecule has 0 fully saturated rings. The summed E-state index contributed by atoms with van der Waals surface area (Å²) in [5.74, 6) is 0.512. The molecule has 1 amide bonds. The Morgan fingerprint density at radius 2 is 2.31 bits per heavy atom. The van der Waals surface area contributed by atoms with Crippen molar-refractivity contribution >= 4 is 5.91 Å². The topological polar surface area (TPSA) is 68.5 Å². The quantitative estimate of drug-likeness (QED) is 0.738. The largest absolute Gasteiger partial charge is 0.493 e. The van der Waals surface area contributed by atoms with Gasteiger partial charge in [0.25, 0.3) is 5.91 Å². The van der Waals surface area contributed by atoms with Crippen molar-refractivity contribution in [2.75, 3.05) is 27.2 Å². The summed E-state index contributed by atoms with van der Waals surface area (Å²) in [5, 5.41) is 0. The molecule has 1 aromatic rings. The highest BCUT2D eigenvalue weighted by Gasteiger charge is 2.09.